The summed E-state index contributed by atoms with van der Waals surface area (Å²) >= 11 is 10.5. The van der Waals surface area contributed by atoms with E-state index in [1.807, 2.05) is 13.8 Å². The highest BCUT2D eigenvalue weighted by molar-refractivity contribution is 8.23. The summed E-state index contributed by atoms with van der Waals surface area (Å²) in [4.78, 5) is 10.8. The number of thiol groups is 1. The van der Waals surface area contributed by atoms with Crippen LogP contribution in [0.1, 0.15) is 20.3 Å². The van der Waals surface area contributed by atoms with Crippen molar-refractivity contribution in [2.24, 2.45) is 5.92 Å². The Labute approximate surface area is 105 Å². The number of thiocarbonyl (C=S) groups is 1. The van der Waals surface area contributed by atoms with Gasteiger partial charge in [0.1, 0.15) is 0 Å². The number of nitrogens with zero attached hydrogens (tertiary/aromatic N) is 1. The van der Waals surface area contributed by atoms with Crippen molar-refractivity contribution >= 4 is 46.8 Å². The number of thioether (sulfide) groups is 1. The Kier molecular flexibility index (Phi) is 6.25. The van der Waals surface area contributed by atoms with Crippen molar-refractivity contribution in [1.29, 1.82) is 5.26 Å². The van der Waals surface area contributed by atoms with E-state index in [2.05, 4.69) is 12.6 Å². The highest BCUT2D eigenvalue weighted by atomic mass is 32.2. The lowest BCUT2D eigenvalue weighted by molar-refractivity contribution is -0.138. The van der Waals surface area contributed by atoms with Gasteiger partial charge in [-0.05, 0) is 12.2 Å². The van der Waals surface area contributed by atoms with Crippen molar-refractivity contribution in [2.75, 3.05) is 5.75 Å². The third-order valence-electron chi connectivity index (χ3n) is 1.83. The molecule has 0 saturated heterocycles. The molecule has 0 aliphatic carbocycles. The molecule has 0 aliphatic rings. The fourth-order valence-electron chi connectivity index (χ4n) is 0.992. The van der Waals surface area contributed by atoms with Crippen LogP contribution < -0.4 is 0 Å². The van der Waals surface area contributed by atoms with Gasteiger partial charge in [-0.15, -0.1) is 24.4 Å². The zero-order chi connectivity index (χ0) is 12.1. The van der Waals surface area contributed by atoms with Gasteiger partial charge >= 0.3 is 5.97 Å². The van der Waals surface area contributed by atoms with Crippen LogP contribution in [0.15, 0.2) is 0 Å². The maximum absolute atomic E-state index is 10.8. The lowest BCUT2D eigenvalue weighted by atomic mass is 9.97. The molecule has 15 heavy (non-hydrogen) atoms. The van der Waals surface area contributed by atoms with E-state index >= 15 is 0 Å². The van der Waals surface area contributed by atoms with Gasteiger partial charge in [0.05, 0.1) is 10.3 Å². The van der Waals surface area contributed by atoms with E-state index in [0.29, 0.717) is 0 Å². The third kappa shape index (κ3) is 4.41. The first kappa shape index (κ1) is 14.8. The summed E-state index contributed by atoms with van der Waals surface area (Å²) in [6.07, 6.45) is 0.133. The molecule has 0 aromatic heterocycles. The topological polar surface area (TPSA) is 61.1 Å². The molecule has 84 valence electrons. The summed E-state index contributed by atoms with van der Waals surface area (Å²) in [5.41, 5.74) is 0. The maximum atomic E-state index is 10.8. The molecule has 0 aliphatic heterocycles. The van der Waals surface area contributed by atoms with E-state index < -0.39 is 10.7 Å². The number of hydrogen-bond donors (Lipinski definition) is 2. The molecule has 1 N–H and O–H groups in total. The van der Waals surface area contributed by atoms with Gasteiger partial charge in [-0.1, -0.05) is 26.1 Å². The minimum absolute atomic E-state index is 0.113. The first-order chi connectivity index (χ1) is 6.87. The zero-order valence-corrected chi connectivity index (χ0v) is 11.1. The number of hydrogen-bond acceptors (Lipinski definition) is 5. The number of aliphatic carboxylic acids is 1. The number of carboxylic acid groups (broad SMARTS) is 1. The molecular formula is C9H13NO2S3. The molecule has 6 heteroatoms. The molecule has 0 heterocycles. The SMILES string of the molecule is CCSC(=S)C(C)CC(S)(C#N)C(=O)O. The fraction of sp³-hybridized carbons (Fsp3) is 0.667. The predicted octanol–water partition coefficient (Wildman–Crippen LogP) is 2.37. The number of carboxylic acids is 1. The summed E-state index contributed by atoms with van der Waals surface area (Å²) in [5.74, 6) is -0.481. The summed E-state index contributed by atoms with van der Waals surface area (Å²) in [5, 5.41) is 17.6. The Balaban J connectivity index is 4.52. The van der Waals surface area contributed by atoms with Gasteiger partial charge in [-0.25, -0.2) is 4.79 Å². The Morgan fingerprint density at radius 2 is 2.33 bits per heavy atom. The molecule has 2 unspecified atom stereocenters. The van der Waals surface area contributed by atoms with Crippen molar-refractivity contribution < 1.29 is 9.90 Å². The quantitative estimate of drug-likeness (QED) is 0.589. The average Bonchev–Trinajstić information content (AvgIpc) is 2.17. The Morgan fingerprint density at radius 1 is 1.80 bits per heavy atom. The lowest BCUT2D eigenvalue weighted by Gasteiger charge is -2.20. The van der Waals surface area contributed by atoms with Crippen LogP contribution in [0.25, 0.3) is 0 Å². The van der Waals surface area contributed by atoms with Crippen LogP contribution in [0.3, 0.4) is 0 Å². The van der Waals surface area contributed by atoms with E-state index in [-0.39, 0.29) is 12.3 Å². The van der Waals surface area contributed by atoms with Gasteiger partial charge in [0.2, 0.25) is 0 Å². The number of rotatable bonds is 5. The second-order valence-electron chi connectivity index (χ2n) is 3.13. The standard InChI is InChI=1S/C9H13NO2S3/c1-3-15-7(13)6(2)4-9(14,5-10)8(11)12/h6,14H,3-4H2,1-2H3,(H,11,12). The van der Waals surface area contributed by atoms with Gasteiger partial charge in [0, 0.05) is 5.92 Å². The zero-order valence-electron chi connectivity index (χ0n) is 8.56. The van der Waals surface area contributed by atoms with Crippen LogP contribution >= 0.6 is 36.6 Å². The molecule has 0 spiro atoms. The molecule has 0 fully saturated rings. The highest BCUT2D eigenvalue weighted by Crippen LogP contribution is 2.27. The van der Waals surface area contributed by atoms with Crippen LogP contribution in [0.5, 0.6) is 0 Å². The molecular weight excluding hydrogens is 250 g/mol. The van der Waals surface area contributed by atoms with E-state index in [1.54, 1.807) is 6.07 Å². The second-order valence-corrected chi connectivity index (χ2v) is 5.90. The summed E-state index contributed by atoms with van der Waals surface area (Å²) in [6, 6.07) is 1.70. The molecule has 0 rings (SSSR count). The minimum Gasteiger partial charge on any atom is -0.479 e. The molecule has 2 atom stereocenters. The van der Waals surface area contributed by atoms with Crippen LogP contribution in [-0.4, -0.2) is 25.8 Å². The van der Waals surface area contributed by atoms with Gasteiger partial charge < -0.3 is 5.11 Å². The number of nitriles is 1. The molecule has 0 amide bonds. The van der Waals surface area contributed by atoms with Crippen LogP contribution in [0, 0.1) is 17.2 Å². The van der Waals surface area contributed by atoms with Crippen molar-refractivity contribution in [3.63, 3.8) is 0 Å². The monoisotopic (exact) mass is 263 g/mol. The molecule has 0 radical (unpaired) electrons. The summed E-state index contributed by atoms with van der Waals surface area (Å²) in [7, 11) is 0. The van der Waals surface area contributed by atoms with Crippen molar-refractivity contribution in [2.45, 2.75) is 25.0 Å². The van der Waals surface area contributed by atoms with E-state index in [9.17, 15) is 4.79 Å². The van der Waals surface area contributed by atoms with Crippen LogP contribution in [0.4, 0.5) is 0 Å². The largest absolute Gasteiger partial charge is 0.479 e. The first-order valence-corrected chi connectivity index (χ1v) is 6.25. The Hall–Kier alpha value is -0.250. The highest BCUT2D eigenvalue weighted by Gasteiger charge is 2.37. The van der Waals surface area contributed by atoms with Crippen molar-refractivity contribution in [3.05, 3.63) is 0 Å². The van der Waals surface area contributed by atoms with Gasteiger partial charge in [0.25, 0.3) is 0 Å². The maximum Gasteiger partial charge on any atom is 0.334 e. The summed E-state index contributed by atoms with van der Waals surface area (Å²) in [6.45, 7) is 3.79. The minimum atomic E-state index is -1.64. The van der Waals surface area contributed by atoms with E-state index in [1.165, 1.54) is 11.8 Å². The normalized spacial score (nSPS) is 16.1. The van der Waals surface area contributed by atoms with Gasteiger partial charge in [0.15, 0.2) is 4.75 Å². The van der Waals surface area contributed by atoms with Crippen LogP contribution in [0.2, 0.25) is 0 Å². The van der Waals surface area contributed by atoms with Crippen LogP contribution in [-0.2, 0) is 4.79 Å². The van der Waals surface area contributed by atoms with E-state index in [0.717, 1.165) is 9.95 Å². The predicted molar refractivity (Wildman–Crippen MR) is 69.5 cm³/mol. The Bertz CT molecular complexity index is 300. The molecule has 0 saturated carbocycles. The van der Waals surface area contributed by atoms with Crippen molar-refractivity contribution in [1.82, 2.24) is 0 Å². The number of carbonyl (C=O) groups is 1. The average molecular weight is 263 g/mol. The van der Waals surface area contributed by atoms with E-state index in [4.69, 9.17) is 22.6 Å². The lowest BCUT2D eigenvalue weighted by Crippen LogP contribution is -2.33. The third-order valence-corrected chi connectivity index (χ3v) is 4.03. The second kappa shape index (κ2) is 6.36. The smallest absolute Gasteiger partial charge is 0.334 e. The molecule has 3 nitrogen and oxygen atoms in total. The van der Waals surface area contributed by atoms with Gasteiger partial charge in [-0.2, -0.15) is 5.26 Å². The molecule has 0 aromatic rings. The molecule has 0 bridgehead atoms. The first-order valence-electron chi connectivity index (χ1n) is 4.41. The summed E-state index contributed by atoms with van der Waals surface area (Å²) < 4.78 is -0.912. The fourth-order valence-corrected chi connectivity index (χ4v) is 2.35. The van der Waals surface area contributed by atoms with Gasteiger partial charge in [-0.3, -0.25) is 0 Å². The molecule has 0 aromatic carbocycles. The van der Waals surface area contributed by atoms with Crippen molar-refractivity contribution in [3.8, 4) is 6.07 Å². The Morgan fingerprint density at radius 3 is 2.67 bits per heavy atom.